The van der Waals surface area contributed by atoms with Crippen molar-refractivity contribution in [3.8, 4) is 0 Å². The van der Waals surface area contributed by atoms with Crippen LogP contribution in [0.5, 0.6) is 0 Å². The molecule has 2 aromatic carbocycles. The molecular weight excluding hydrogens is 285 g/mol. The summed E-state index contributed by atoms with van der Waals surface area (Å²) in [6.45, 7) is 1.95. The molecule has 2 rings (SSSR count). The van der Waals surface area contributed by atoms with E-state index in [1.807, 2.05) is 0 Å². The maximum absolute atomic E-state index is 13.2. The van der Waals surface area contributed by atoms with E-state index in [9.17, 15) is 14.0 Å². The molecule has 0 saturated carbocycles. The number of hydrogen-bond donors (Lipinski definition) is 1. The zero-order chi connectivity index (χ0) is 16.1. The average molecular weight is 301 g/mol. The Bertz CT molecular complexity index is 713. The van der Waals surface area contributed by atoms with Gasteiger partial charge >= 0.3 is 5.97 Å². The van der Waals surface area contributed by atoms with Crippen LogP contribution in [0.4, 0.5) is 4.39 Å². The topological polar surface area (TPSA) is 55.4 Å². The summed E-state index contributed by atoms with van der Waals surface area (Å²) < 4.78 is 17.8. The predicted molar refractivity (Wildman–Crippen MR) is 80.1 cm³/mol. The maximum Gasteiger partial charge on any atom is 0.337 e. The van der Waals surface area contributed by atoms with Crippen molar-refractivity contribution in [1.82, 2.24) is 5.32 Å². The number of carbonyl (C=O) groups is 2. The smallest absolute Gasteiger partial charge is 0.337 e. The number of nitrogens with one attached hydrogen (secondary N) is 1. The lowest BCUT2D eigenvalue weighted by Gasteiger charge is -2.07. The van der Waals surface area contributed by atoms with Crippen LogP contribution < -0.4 is 5.32 Å². The Kier molecular flexibility index (Phi) is 4.88. The van der Waals surface area contributed by atoms with Gasteiger partial charge in [0.2, 0.25) is 0 Å². The van der Waals surface area contributed by atoms with Gasteiger partial charge in [0.15, 0.2) is 0 Å². The highest BCUT2D eigenvalue weighted by atomic mass is 19.1. The Labute approximate surface area is 127 Å². The molecule has 0 aliphatic rings. The maximum atomic E-state index is 13.2. The van der Waals surface area contributed by atoms with E-state index in [-0.39, 0.29) is 18.3 Å². The summed E-state index contributed by atoms with van der Waals surface area (Å²) in [5.74, 6) is -1.09. The highest BCUT2D eigenvalue weighted by Crippen LogP contribution is 2.10. The van der Waals surface area contributed by atoms with Gasteiger partial charge in [-0.25, -0.2) is 9.18 Å². The fourth-order valence-electron chi connectivity index (χ4n) is 2.01. The number of aryl methyl sites for hydroxylation is 1. The van der Waals surface area contributed by atoms with Crippen molar-refractivity contribution in [3.05, 3.63) is 70.5 Å². The van der Waals surface area contributed by atoms with E-state index in [0.717, 1.165) is 5.56 Å². The van der Waals surface area contributed by atoms with Gasteiger partial charge in [0, 0.05) is 12.1 Å². The Morgan fingerprint density at radius 2 is 1.86 bits per heavy atom. The fourth-order valence-corrected chi connectivity index (χ4v) is 2.01. The molecule has 0 unspecified atom stereocenters. The van der Waals surface area contributed by atoms with Crippen molar-refractivity contribution in [2.75, 3.05) is 7.11 Å². The molecule has 0 atom stereocenters. The molecule has 22 heavy (non-hydrogen) atoms. The second-order valence-electron chi connectivity index (χ2n) is 4.84. The van der Waals surface area contributed by atoms with Gasteiger partial charge in [-0.3, -0.25) is 4.79 Å². The minimum Gasteiger partial charge on any atom is -0.465 e. The molecule has 0 saturated heterocycles. The second kappa shape index (κ2) is 6.85. The number of amides is 1. The van der Waals surface area contributed by atoms with Gasteiger partial charge in [-0.05, 0) is 42.3 Å². The number of benzene rings is 2. The normalized spacial score (nSPS) is 10.1. The molecular formula is C17H16FNO3. The Morgan fingerprint density at radius 3 is 2.55 bits per heavy atom. The molecule has 1 amide bonds. The summed E-state index contributed by atoms with van der Waals surface area (Å²) in [5.41, 5.74) is 2.00. The van der Waals surface area contributed by atoms with Crippen LogP contribution in [0.15, 0.2) is 42.5 Å². The summed E-state index contributed by atoms with van der Waals surface area (Å²) in [6.07, 6.45) is 0. The molecule has 0 aliphatic carbocycles. The molecule has 0 radical (unpaired) electrons. The lowest BCUT2D eigenvalue weighted by Crippen LogP contribution is -2.23. The molecule has 0 aromatic heterocycles. The van der Waals surface area contributed by atoms with Crippen LogP contribution in [0.2, 0.25) is 0 Å². The van der Waals surface area contributed by atoms with E-state index >= 15 is 0 Å². The lowest BCUT2D eigenvalue weighted by atomic mass is 10.1. The van der Waals surface area contributed by atoms with Crippen molar-refractivity contribution >= 4 is 11.9 Å². The summed E-state index contributed by atoms with van der Waals surface area (Å²) in [4.78, 5) is 23.5. The van der Waals surface area contributed by atoms with Crippen LogP contribution in [-0.2, 0) is 11.3 Å². The van der Waals surface area contributed by atoms with Crippen molar-refractivity contribution in [1.29, 1.82) is 0 Å². The van der Waals surface area contributed by atoms with Crippen molar-refractivity contribution in [2.45, 2.75) is 13.5 Å². The first-order valence-corrected chi connectivity index (χ1v) is 6.73. The van der Waals surface area contributed by atoms with Crippen LogP contribution in [0, 0.1) is 12.7 Å². The third-order valence-electron chi connectivity index (χ3n) is 3.22. The monoisotopic (exact) mass is 301 g/mol. The summed E-state index contributed by atoms with van der Waals surface area (Å²) >= 11 is 0. The first-order chi connectivity index (χ1) is 10.5. The molecule has 0 aliphatic heterocycles. The lowest BCUT2D eigenvalue weighted by molar-refractivity contribution is 0.0600. The third kappa shape index (κ3) is 3.69. The number of hydrogen-bond acceptors (Lipinski definition) is 3. The zero-order valence-corrected chi connectivity index (χ0v) is 12.4. The Morgan fingerprint density at radius 1 is 1.14 bits per heavy atom. The molecule has 4 nitrogen and oxygen atoms in total. The number of carbonyl (C=O) groups excluding carboxylic acids is 2. The summed E-state index contributed by atoms with van der Waals surface area (Å²) in [5, 5.41) is 2.73. The van der Waals surface area contributed by atoms with Crippen molar-refractivity contribution in [2.24, 2.45) is 0 Å². The number of esters is 1. The van der Waals surface area contributed by atoms with Crippen LogP contribution in [0.3, 0.4) is 0 Å². The minimum atomic E-state index is -0.496. The quantitative estimate of drug-likeness (QED) is 0.884. The number of rotatable bonds is 4. The molecule has 2 aromatic rings. The molecule has 1 N–H and O–H groups in total. The highest BCUT2D eigenvalue weighted by molar-refractivity contribution is 5.97. The van der Waals surface area contributed by atoms with Gasteiger partial charge < -0.3 is 10.1 Å². The molecule has 5 heteroatoms. The van der Waals surface area contributed by atoms with Crippen LogP contribution in [0.25, 0.3) is 0 Å². The number of halogens is 1. The van der Waals surface area contributed by atoms with Crippen LogP contribution >= 0.6 is 0 Å². The van der Waals surface area contributed by atoms with E-state index in [2.05, 4.69) is 10.1 Å². The number of methoxy groups -OCH3 is 1. The third-order valence-corrected chi connectivity index (χ3v) is 3.22. The van der Waals surface area contributed by atoms with Gasteiger partial charge in [-0.2, -0.15) is 0 Å². The van der Waals surface area contributed by atoms with Gasteiger partial charge in [-0.1, -0.05) is 18.2 Å². The summed E-state index contributed by atoms with van der Waals surface area (Å²) in [6, 6.07) is 10.9. The minimum absolute atomic E-state index is 0.277. The molecule has 0 spiro atoms. The second-order valence-corrected chi connectivity index (χ2v) is 4.84. The van der Waals surface area contributed by atoms with E-state index in [1.54, 1.807) is 37.3 Å². The zero-order valence-electron chi connectivity index (χ0n) is 12.4. The van der Waals surface area contributed by atoms with E-state index in [0.29, 0.717) is 16.7 Å². The van der Waals surface area contributed by atoms with Gasteiger partial charge in [0.25, 0.3) is 5.91 Å². The van der Waals surface area contributed by atoms with E-state index in [4.69, 9.17) is 0 Å². The first kappa shape index (κ1) is 15.7. The molecule has 114 valence electrons. The van der Waals surface area contributed by atoms with E-state index in [1.165, 1.54) is 19.2 Å². The van der Waals surface area contributed by atoms with Gasteiger partial charge in [0.05, 0.1) is 12.7 Å². The fraction of sp³-hybridized carbons (Fsp3) is 0.176. The predicted octanol–water partition coefficient (Wildman–Crippen LogP) is 2.85. The standard InChI is InChI=1S/C17H16FNO3/c1-11-8-12(6-7-15(11)18)10-19-16(20)13-4-3-5-14(9-13)17(21)22-2/h3-9H,10H2,1-2H3,(H,19,20). The van der Waals surface area contributed by atoms with Crippen molar-refractivity contribution in [3.63, 3.8) is 0 Å². The molecule has 0 bridgehead atoms. The molecule has 0 fully saturated rings. The average Bonchev–Trinajstić information content (AvgIpc) is 2.55. The molecule has 0 heterocycles. The largest absolute Gasteiger partial charge is 0.465 e. The van der Waals surface area contributed by atoms with Crippen molar-refractivity contribution < 1.29 is 18.7 Å². The SMILES string of the molecule is COC(=O)c1cccc(C(=O)NCc2ccc(F)c(C)c2)c1. The van der Waals surface area contributed by atoms with Gasteiger partial charge in [-0.15, -0.1) is 0 Å². The summed E-state index contributed by atoms with van der Waals surface area (Å²) in [7, 11) is 1.28. The van der Waals surface area contributed by atoms with Crippen LogP contribution in [0.1, 0.15) is 31.8 Å². The number of ether oxygens (including phenoxy) is 1. The van der Waals surface area contributed by atoms with E-state index < -0.39 is 5.97 Å². The van der Waals surface area contributed by atoms with Crippen LogP contribution in [-0.4, -0.2) is 19.0 Å². The first-order valence-electron chi connectivity index (χ1n) is 6.73. The van der Waals surface area contributed by atoms with Gasteiger partial charge in [0.1, 0.15) is 5.82 Å². The Hall–Kier alpha value is -2.69. The highest BCUT2D eigenvalue weighted by Gasteiger charge is 2.10. The Balaban J connectivity index is 2.06.